The molecule has 0 saturated heterocycles. The van der Waals surface area contributed by atoms with Crippen LogP contribution in [-0.2, 0) is 9.53 Å². The minimum Gasteiger partial charge on any atom is -0.463 e. The van der Waals surface area contributed by atoms with Gasteiger partial charge in [0.15, 0.2) is 0 Å². The number of halogens is 1. The Morgan fingerprint density at radius 3 is 3.29 bits per heavy atom. The van der Waals surface area contributed by atoms with Gasteiger partial charge < -0.3 is 9.64 Å². The fourth-order valence-electron chi connectivity index (χ4n) is 0.872. The summed E-state index contributed by atoms with van der Waals surface area (Å²) >= 11 is 5.84. The quantitative estimate of drug-likeness (QED) is 0.406. The number of nitrogens with zero attached hydrogens (tertiary/aromatic N) is 2. The number of aliphatic imine (C=N–C) groups is 1. The molecular formula is C9H11ClN2O2. The van der Waals surface area contributed by atoms with Gasteiger partial charge in [0.1, 0.15) is 11.8 Å². The molecule has 14 heavy (non-hydrogen) atoms. The summed E-state index contributed by atoms with van der Waals surface area (Å²) in [5.74, 6) is -0.383. The SMILES string of the molecule is CCOC(=O)/C=C/N1CN=CC=C1Cl. The summed E-state index contributed by atoms with van der Waals surface area (Å²) < 4.78 is 4.71. The molecule has 1 aliphatic rings. The Morgan fingerprint density at radius 2 is 2.64 bits per heavy atom. The van der Waals surface area contributed by atoms with E-state index in [1.54, 1.807) is 30.3 Å². The summed E-state index contributed by atoms with van der Waals surface area (Å²) in [6.07, 6.45) is 6.14. The third kappa shape index (κ3) is 3.22. The molecule has 1 aliphatic heterocycles. The average molecular weight is 215 g/mol. The summed E-state index contributed by atoms with van der Waals surface area (Å²) in [5.41, 5.74) is 0. The molecule has 0 spiro atoms. The lowest BCUT2D eigenvalue weighted by atomic mass is 10.5. The molecule has 0 radical (unpaired) electrons. The van der Waals surface area contributed by atoms with Gasteiger partial charge in [-0.1, -0.05) is 11.6 Å². The van der Waals surface area contributed by atoms with Crippen molar-refractivity contribution in [3.8, 4) is 0 Å². The van der Waals surface area contributed by atoms with E-state index < -0.39 is 0 Å². The number of rotatable bonds is 3. The van der Waals surface area contributed by atoms with Crippen LogP contribution >= 0.6 is 11.6 Å². The van der Waals surface area contributed by atoms with Crippen LogP contribution in [0.4, 0.5) is 0 Å². The van der Waals surface area contributed by atoms with E-state index in [-0.39, 0.29) is 5.97 Å². The maximum Gasteiger partial charge on any atom is 0.332 e. The van der Waals surface area contributed by atoms with Gasteiger partial charge in [0, 0.05) is 18.5 Å². The molecule has 4 nitrogen and oxygen atoms in total. The van der Waals surface area contributed by atoms with Crippen molar-refractivity contribution in [2.24, 2.45) is 4.99 Å². The number of esters is 1. The third-order valence-electron chi connectivity index (χ3n) is 1.50. The Balaban J connectivity index is 2.48. The fraction of sp³-hybridized carbons (Fsp3) is 0.333. The highest BCUT2D eigenvalue weighted by Crippen LogP contribution is 2.12. The lowest BCUT2D eigenvalue weighted by Crippen LogP contribution is -2.17. The first-order valence-corrected chi connectivity index (χ1v) is 4.59. The van der Waals surface area contributed by atoms with Crippen LogP contribution < -0.4 is 0 Å². The number of hydrogen-bond acceptors (Lipinski definition) is 4. The molecule has 0 amide bonds. The first-order chi connectivity index (χ1) is 6.74. The number of carbonyl (C=O) groups excluding carboxylic acids is 1. The zero-order chi connectivity index (χ0) is 10.4. The summed E-state index contributed by atoms with van der Waals surface area (Å²) in [4.78, 5) is 16.6. The number of carbonyl (C=O) groups is 1. The molecule has 1 rings (SSSR count). The molecular weight excluding hydrogens is 204 g/mol. The van der Waals surface area contributed by atoms with E-state index in [0.717, 1.165) is 0 Å². The van der Waals surface area contributed by atoms with Gasteiger partial charge in [0.2, 0.25) is 0 Å². The minimum absolute atomic E-state index is 0.366. The second kappa shape index (κ2) is 5.44. The summed E-state index contributed by atoms with van der Waals surface area (Å²) in [6, 6.07) is 0. The molecule has 0 atom stereocenters. The van der Waals surface area contributed by atoms with Crippen LogP contribution in [0.3, 0.4) is 0 Å². The van der Waals surface area contributed by atoms with Gasteiger partial charge in [0.25, 0.3) is 0 Å². The molecule has 0 bridgehead atoms. The van der Waals surface area contributed by atoms with Gasteiger partial charge in [-0.25, -0.2) is 4.79 Å². The van der Waals surface area contributed by atoms with E-state index in [4.69, 9.17) is 16.3 Å². The molecule has 0 aromatic rings. The lowest BCUT2D eigenvalue weighted by Gasteiger charge is -2.18. The van der Waals surface area contributed by atoms with Crippen molar-refractivity contribution in [3.63, 3.8) is 0 Å². The second-order valence-corrected chi connectivity index (χ2v) is 2.89. The Labute approximate surface area is 87.5 Å². The summed E-state index contributed by atoms with van der Waals surface area (Å²) in [6.45, 7) is 2.54. The monoisotopic (exact) mass is 214 g/mol. The number of allylic oxidation sites excluding steroid dienone is 1. The molecule has 0 saturated carbocycles. The molecule has 5 heteroatoms. The summed E-state index contributed by atoms with van der Waals surface area (Å²) in [7, 11) is 0. The molecule has 0 aliphatic carbocycles. The van der Waals surface area contributed by atoms with Crippen molar-refractivity contribution in [1.29, 1.82) is 0 Å². The molecule has 0 aromatic carbocycles. The standard InChI is InChI=1S/C9H11ClN2O2/c1-2-14-9(13)4-6-12-7-11-5-3-8(12)10/h3-6H,2,7H2,1H3/b6-4+. The zero-order valence-electron chi connectivity index (χ0n) is 7.81. The van der Waals surface area contributed by atoms with Crippen LogP contribution in [-0.4, -0.2) is 30.4 Å². The zero-order valence-corrected chi connectivity index (χ0v) is 8.57. The van der Waals surface area contributed by atoms with Crippen LogP contribution in [0.5, 0.6) is 0 Å². The van der Waals surface area contributed by atoms with Gasteiger partial charge in [-0.15, -0.1) is 0 Å². The smallest absolute Gasteiger partial charge is 0.332 e. The average Bonchev–Trinajstić information content (AvgIpc) is 2.17. The van der Waals surface area contributed by atoms with E-state index in [2.05, 4.69) is 4.99 Å². The number of hydrogen-bond donors (Lipinski definition) is 0. The van der Waals surface area contributed by atoms with Crippen molar-refractivity contribution in [2.45, 2.75) is 6.92 Å². The largest absolute Gasteiger partial charge is 0.463 e. The molecule has 76 valence electrons. The van der Waals surface area contributed by atoms with E-state index >= 15 is 0 Å². The van der Waals surface area contributed by atoms with Crippen LogP contribution in [0.15, 0.2) is 28.5 Å². The van der Waals surface area contributed by atoms with Crippen molar-refractivity contribution < 1.29 is 9.53 Å². The predicted molar refractivity (Wildman–Crippen MR) is 54.9 cm³/mol. The fourth-order valence-corrected chi connectivity index (χ4v) is 1.04. The Morgan fingerprint density at radius 1 is 1.86 bits per heavy atom. The van der Waals surface area contributed by atoms with Crippen LogP contribution in [0.2, 0.25) is 0 Å². The first kappa shape index (κ1) is 10.8. The minimum atomic E-state index is -0.383. The Bertz CT molecular complexity index is 297. The van der Waals surface area contributed by atoms with Crippen molar-refractivity contribution in [1.82, 2.24) is 4.90 Å². The molecule has 1 heterocycles. The van der Waals surface area contributed by atoms with Crippen LogP contribution in [0.25, 0.3) is 0 Å². The highest BCUT2D eigenvalue weighted by Gasteiger charge is 2.05. The van der Waals surface area contributed by atoms with Crippen molar-refractivity contribution >= 4 is 23.8 Å². The van der Waals surface area contributed by atoms with Crippen LogP contribution in [0.1, 0.15) is 6.92 Å². The van der Waals surface area contributed by atoms with Crippen molar-refractivity contribution in [2.75, 3.05) is 13.3 Å². The van der Waals surface area contributed by atoms with Crippen molar-refractivity contribution in [3.05, 3.63) is 23.5 Å². The highest BCUT2D eigenvalue weighted by atomic mass is 35.5. The van der Waals surface area contributed by atoms with E-state index in [9.17, 15) is 4.79 Å². The second-order valence-electron chi connectivity index (χ2n) is 2.50. The summed E-state index contributed by atoms with van der Waals surface area (Å²) in [5, 5.41) is 0.528. The Kier molecular flexibility index (Phi) is 4.19. The van der Waals surface area contributed by atoms with Gasteiger partial charge >= 0.3 is 5.97 Å². The van der Waals surface area contributed by atoms with E-state index in [1.807, 2.05) is 0 Å². The third-order valence-corrected chi connectivity index (χ3v) is 1.85. The van der Waals surface area contributed by atoms with E-state index in [1.165, 1.54) is 6.08 Å². The van der Waals surface area contributed by atoms with Crippen LogP contribution in [0, 0.1) is 0 Å². The Hall–Kier alpha value is -1.29. The normalized spacial score (nSPS) is 15.9. The lowest BCUT2D eigenvalue weighted by molar-refractivity contribution is -0.137. The van der Waals surface area contributed by atoms with Gasteiger partial charge in [-0.05, 0) is 13.0 Å². The maximum absolute atomic E-state index is 11.0. The first-order valence-electron chi connectivity index (χ1n) is 4.21. The van der Waals surface area contributed by atoms with Gasteiger partial charge in [-0.3, -0.25) is 4.99 Å². The van der Waals surface area contributed by atoms with Gasteiger partial charge in [0.05, 0.1) is 6.61 Å². The van der Waals surface area contributed by atoms with E-state index in [0.29, 0.717) is 18.4 Å². The van der Waals surface area contributed by atoms with Gasteiger partial charge in [-0.2, -0.15) is 0 Å². The highest BCUT2D eigenvalue weighted by molar-refractivity contribution is 6.30. The molecule has 0 unspecified atom stereocenters. The molecule has 0 fully saturated rings. The maximum atomic E-state index is 11.0. The topological polar surface area (TPSA) is 41.9 Å². The number of ether oxygens (including phenoxy) is 1. The molecule has 0 N–H and O–H groups in total. The predicted octanol–water partition coefficient (Wildman–Crippen LogP) is 1.49. The molecule has 0 aromatic heterocycles.